The zero-order chi connectivity index (χ0) is 8.32. The molecular formula is C8H14O2Si. The Hall–Kier alpha value is -0.303. The molecule has 1 aliphatic heterocycles. The van der Waals surface area contributed by atoms with E-state index in [2.05, 4.69) is 31.1 Å². The van der Waals surface area contributed by atoms with Gasteiger partial charge in [0, 0.05) is 0 Å². The summed E-state index contributed by atoms with van der Waals surface area (Å²) in [5.74, 6) is 2.99. The average molecular weight is 170 g/mol. The Balaban J connectivity index is 2.42. The van der Waals surface area contributed by atoms with Crippen LogP contribution < -0.4 is 0 Å². The first-order chi connectivity index (χ1) is 5.08. The SMILES string of the molecule is C[Si](C)(C)C#CC1OCCO1. The van der Waals surface area contributed by atoms with Crippen molar-refractivity contribution in [1.82, 2.24) is 0 Å². The number of hydrogen-bond acceptors (Lipinski definition) is 2. The summed E-state index contributed by atoms with van der Waals surface area (Å²) in [6.45, 7) is 7.98. The van der Waals surface area contributed by atoms with Gasteiger partial charge in [-0.15, -0.1) is 5.54 Å². The summed E-state index contributed by atoms with van der Waals surface area (Å²) in [5.41, 5.74) is 3.20. The zero-order valence-corrected chi connectivity index (χ0v) is 8.31. The van der Waals surface area contributed by atoms with Crippen LogP contribution in [0, 0.1) is 11.5 Å². The molecule has 1 rings (SSSR count). The van der Waals surface area contributed by atoms with Gasteiger partial charge in [-0.2, -0.15) is 0 Å². The van der Waals surface area contributed by atoms with Crippen LogP contribution in [0.2, 0.25) is 19.6 Å². The quantitative estimate of drug-likeness (QED) is 0.402. The Bertz CT molecular complexity index is 178. The topological polar surface area (TPSA) is 18.5 Å². The minimum absolute atomic E-state index is 0.248. The van der Waals surface area contributed by atoms with Gasteiger partial charge >= 0.3 is 0 Å². The zero-order valence-electron chi connectivity index (χ0n) is 7.31. The molecule has 2 nitrogen and oxygen atoms in total. The van der Waals surface area contributed by atoms with Crippen molar-refractivity contribution in [2.75, 3.05) is 13.2 Å². The van der Waals surface area contributed by atoms with E-state index in [0.717, 1.165) is 0 Å². The molecule has 1 fully saturated rings. The molecule has 0 bridgehead atoms. The summed E-state index contributed by atoms with van der Waals surface area (Å²) >= 11 is 0. The molecule has 0 N–H and O–H groups in total. The lowest BCUT2D eigenvalue weighted by Gasteiger charge is -2.05. The predicted molar refractivity (Wildman–Crippen MR) is 46.8 cm³/mol. The molecule has 3 heteroatoms. The van der Waals surface area contributed by atoms with E-state index in [1.807, 2.05) is 0 Å². The van der Waals surface area contributed by atoms with E-state index in [1.54, 1.807) is 0 Å². The maximum Gasteiger partial charge on any atom is 0.222 e. The summed E-state index contributed by atoms with van der Waals surface area (Å²) in [4.78, 5) is 0. The van der Waals surface area contributed by atoms with Crippen molar-refractivity contribution in [3.63, 3.8) is 0 Å². The van der Waals surface area contributed by atoms with Crippen molar-refractivity contribution in [3.8, 4) is 11.5 Å². The van der Waals surface area contributed by atoms with Crippen molar-refractivity contribution in [3.05, 3.63) is 0 Å². The van der Waals surface area contributed by atoms with Crippen LogP contribution in [-0.4, -0.2) is 27.6 Å². The Morgan fingerprint density at radius 3 is 2.18 bits per heavy atom. The molecule has 0 amide bonds. The number of hydrogen-bond donors (Lipinski definition) is 0. The van der Waals surface area contributed by atoms with Crippen LogP contribution in [0.5, 0.6) is 0 Å². The fraction of sp³-hybridized carbons (Fsp3) is 0.750. The van der Waals surface area contributed by atoms with E-state index in [9.17, 15) is 0 Å². The van der Waals surface area contributed by atoms with Gasteiger partial charge in [-0.05, 0) is 5.92 Å². The van der Waals surface area contributed by atoms with Gasteiger partial charge in [-0.25, -0.2) is 0 Å². The molecule has 0 aromatic carbocycles. The molecule has 0 atom stereocenters. The molecule has 1 heterocycles. The second-order valence-electron chi connectivity index (χ2n) is 3.59. The van der Waals surface area contributed by atoms with Gasteiger partial charge in [-0.1, -0.05) is 19.6 Å². The molecule has 0 aliphatic carbocycles. The van der Waals surface area contributed by atoms with Crippen LogP contribution in [0.4, 0.5) is 0 Å². The van der Waals surface area contributed by atoms with Crippen LogP contribution in [-0.2, 0) is 9.47 Å². The molecule has 11 heavy (non-hydrogen) atoms. The summed E-state index contributed by atoms with van der Waals surface area (Å²) in [6, 6.07) is 0. The van der Waals surface area contributed by atoms with Gasteiger partial charge in [0.15, 0.2) is 0 Å². The molecular weight excluding hydrogens is 156 g/mol. The lowest BCUT2D eigenvalue weighted by molar-refractivity contribution is 0.00650. The van der Waals surface area contributed by atoms with E-state index in [-0.39, 0.29) is 6.29 Å². The third-order valence-electron chi connectivity index (χ3n) is 1.19. The molecule has 0 aromatic heterocycles. The molecule has 0 spiro atoms. The summed E-state index contributed by atoms with van der Waals surface area (Å²) < 4.78 is 10.3. The lowest BCUT2D eigenvalue weighted by atomic mass is 10.7. The normalized spacial score (nSPS) is 19.5. The van der Waals surface area contributed by atoms with Crippen LogP contribution in [0.25, 0.3) is 0 Å². The van der Waals surface area contributed by atoms with Crippen LogP contribution in [0.1, 0.15) is 0 Å². The maximum absolute atomic E-state index is 5.17. The fourth-order valence-electron chi connectivity index (χ4n) is 0.717. The van der Waals surface area contributed by atoms with Crippen molar-refractivity contribution in [1.29, 1.82) is 0 Å². The van der Waals surface area contributed by atoms with Gasteiger partial charge in [-0.3, -0.25) is 0 Å². The van der Waals surface area contributed by atoms with Crippen molar-refractivity contribution in [2.24, 2.45) is 0 Å². The van der Waals surface area contributed by atoms with Crippen LogP contribution in [0.3, 0.4) is 0 Å². The minimum Gasteiger partial charge on any atom is -0.340 e. The lowest BCUT2D eigenvalue weighted by Crippen LogP contribution is -2.18. The maximum atomic E-state index is 5.17. The highest BCUT2D eigenvalue weighted by atomic mass is 28.3. The summed E-state index contributed by atoms with van der Waals surface area (Å²) in [5, 5.41) is 0. The first-order valence-corrected chi connectivity index (χ1v) is 7.34. The average Bonchev–Trinajstić information content (AvgIpc) is 2.32. The van der Waals surface area contributed by atoms with Gasteiger partial charge in [0.05, 0.1) is 13.2 Å². The van der Waals surface area contributed by atoms with Crippen molar-refractivity contribution in [2.45, 2.75) is 25.9 Å². The van der Waals surface area contributed by atoms with Crippen molar-refractivity contribution < 1.29 is 9.47 Å². The first-order valence-electron chi connectivity index (χ1n) is 3.84. The fourth-order valence-corrected chi connectivity index (χ4v) is 1.27. The third kappa shape index (κ3) is 3.56. The highest BCUT2D eigenvalue weighted by Gasteiger charge is 2.14. The summed E-state index contributed by atoms with van der Waals surface area (Å²) in [6.07, 6.45) is -0.248. The molecule has 0 unspecified atom stereocenters. The van der Waals surface area contributed by atoms with E-state index in [0.29, 0.717) is 13.2 Å². The Kier molecular flexibility index (Phi) is 2.71. The molecule has 0 radical (unpaired) electrons. The van der Waals surface area contributed by atoms with Gasteiger partial charge in [0.2, 0.25) is 6.29 Å². The second kappa shape index (κ2) is 3.40. The number of rotatable bonds is 0. The van der Waals surface area contributed by atoms with Crippen LogP contribution >= 0.6 is 0 Å². The van der Waals surface area contributed by atoms with Gasteiger partial charge in [0.1, 0.15) is 8.07 Å². The summed E-state index contributed by atoms with van der Waals surface area (Å²) in [7, 11) is -1.25. The molecule has 1 saturated heterocycles. The third-order valence-corrected chi connectivity index (χ3v) is 2.08. The smallest absolute Gasteiger partial charge is 0.222 e. The number of ether oxygens (including phenoxy) is 2. The highest BCUT2D eigenvalue weighted by Crippen LogP contribution is 2.03. The predicted octanol–water partition coefficient (Wildman–Crippen LogP) is 1.24. The van der Waals surface area contributed by atoms with Crippen LogP contribution in [0.15, 0.2) is 0 Å². The standard InChI is InChI=1S/C8H14O2Si/c1-11(2,3)7-4-8-9-5-6-10-8/h8H,5-6H2,1-3H3. The first kappa shape index (κ1) is 8.79. The Morgan fingerprint density at radius 1 is 1.18 bits per heavy atom. The highest BCUT2D eigenvalue weighted by molar-refractivity contribution is 6.83. The Labute approximate surface area is 68.9 Å². The Morgan fingerprint density at radius 2 is 1.73 bits per heavy atom. The largest absolute Gasteiger partial charge is 0.340 e. The van der Waals surface area contributed by atoms with E-state index in [1.165, 1.54) is 0 Å². The second-order valence-corrected chi connectivity index (χ2v) is 8.34. The molecule has 1 aliphatic rings. The van der Waals surface area contributed by atoms with Crippen molar-refractivity contribution >= 4 is 8.07 Å². The molecule has 0 aromatic rings. The molecule has 62 valence electrons. The minimum atomic E-state index is -1.25. The van der Waals surface area contributed by atoms with E-state index < -0.39 is 8.07 Å². The monoisotopic (exact) mass is 170 g/mol. The van der Waals surface area contributed by atoms with E-state index in [4.69, 9.17) is 9.47 Å². The van der Waals surface area contributed by atoms with Gasteiger partial charge < -0.3 is 9.47 Å². The van der Waals surface area contributed by atoms with Gasteiger partial charge in [0.25, 0.3) is 0 Å². The van der Waals surface area contributed by atoms with E-state index >= 15 is 0 Å². The molecule has 0 saturated carbocycles.